The third-order valence-corrected chi connectivity index (χ3v) is 2.74. The Bertz CT molecular complexity index is 633. The number of carbonyl (C=O) groups excluding carboxylic acids is 1. The summed E-state index contributed by atoms with van der Waals surface area (Å²) in [6, 6.07) is 8.56. The highest BCUT2D eigenvalue weighted by Crippen LogP contribution is 2.28. The molecule has 20 heavy (non-hydrogen) atoms. The number of rotatable bonds is 3. The number of ether oxygens (including phenoxy) is 1. The second-order valence-electron chi connectivity index (χ2n) is 3.72. The van der Waals surface area contributed by atoms with Crippen molar-refractivity contribution in [2.45, 2.75) is 0 Å². The highest BCUT2D eigenvalue weighted by molar-refractivity contribution is 6.35. The van der Waals surface area contributed by atoms with Gasteiger partial charge >= 0.3 is 6.09 Å². The Balaban J connectivity index is 2.14. The van der Waals surface area contributed by atoms with Gasteiger partial charge in [-0.05, 0) is 30.3 Å². The molecule has 0 fully saturated rings. The van der Waals surface area contributed by atoms with Gasteiger partial charge in [0.1, 0.15) is 11.5 Å². The van der Waals surface area contributed by atoms with E-state index in [9.17, 15) is 4.79 Å². The second kappa shape index (κ2) is 6.45. The number of halogens is 2. The Hall–Kier alpha value is -1.98. The third-order valence-electron chi connectivity index (χ3n) is 2.31. The van der Waals surface area contributed by atoms with Crippen molar-refractivity contribution in [1.82, 2.24) is 5.43 Å². The summed E-state index contributed by atoms with van der Waals surface area (Å²) in [5.74, 6) is 1.06. The molecule has 2 rings (SSSR count). The Morgan fingerprint density at radius 2 is 2.00 bits per heavy atom. The lowest BCUT2D eigenvalue weighted by Gasteiger charge is -1.99. The van der Waals surface area contributed by atoms with E-state index >= 15 is 0 Å². The van der Waals surface area contributed by atoms with Crippen LogP contribution in [0, 0.1) is 0 Å². The maximum absolute atomic E-state index is 10.8. The highest BCUT2D eigenvalue weighted by atomic mass is 35.5. The van der Waals surface area contributed by atoms with E-state index in [4.69, 9.17) is 27.6 Å². The molecule has 0 aliphatic heterocycles. The predicted octanol–water partition coefficient (Wildman–Crippen LogP) is 3.94. The van der Waals surface area contributed by atoms with Crippen LogP contribution in [0.2, 0.25) is 10.0 Å². The van der Waals surface area contributed by atoms with E-state index < -0.39 is 6.09 Å². The zero-order chi connectivity index (χ0) is 14.5. The molecular formula is C13H10Cl2N2O3. The van der Waals surface area contributed by atoms with Crippen LogP contribution in [0.1, 0.15) is 5.76 Å². The molecule has 2 aromatic rings. The summed E-state index contributed by atoms with van der Waals surface area (Å²) in [6.07, 6.45) is 0.696. The van der Waals surface area contributed by atoms with Crippen LogP contribution >= 0.6 is 23.2 Å². The van der Waals surface area contributed by atoms with Crippen LogP contribution in [0.5, 0.6) is 0 Å². The lowest BCUT2D eigenvalue weighted by atomic mass is 10.2. The molecule has 0 atom stereocenters. The van der Waals surface area contributed by atoms with Crippen LogP contribution < -0.4 is 5.43 Å². The lowest BCUT2D eigenvalue weighted by Crippen LogP contribution is -2.16. The quantitative estimate of drug-likeness (QED) is 0.689. The molecule has 0 aliphatic rings. The third kappa shape index (κ3) is 3.76. The van der Waals surface area contributed by atoms with E-state index in [2.05, 4.69) is 15.3 Å². The van der Waals surface area contributed by atoms with Crippen LogP contribution in [0.25, 0.3) is 11.3 Å². The minimum atomic E-state index is -0.658. The number of furan rings is 1. The standard InChI is InChI=1S/C13H10Cl2N2O3/c1-19-13(18)17-16-7-11-2-3-12(20-11)8-4-9(14)6-10(15)5-8/h2-7H,1H3,(H,17,18)/b16-7+. The van der Waals surface area contributed by atoms with Gasteiger partial charge in [0.2, 0.25) is 0 Å². The van der Waals surface area contributed by atoms with Gasteiger partial charge in [-0.2, -0.15) is 5.10 Å². The molecule has 1 N–H and O–H groups in total. The van der Waals surface area contributed by atoms with Crippen molar-refractivity contribution in [3.05, 3.63) is 46.1 Å². The summed E-state index contributed by atoms with van der Waals surface area (Å²) in [7, 11) is 1.25. The fraction of sp³-hybridized carbons (Fsp3) is 0.0769. The number of methoxy groups -OCH3 is 1. The van der Waals surface area contributed by atoms with Gasteiger partial charge in [-0.3, -0.25) is 0 Å². The first-order chi connectivity index (χ1) is 9.58. The predicted molar refractivity (Wildman–Crippen MR) is 77.3 cm³/mol. The molecule has 0 unspecified atom stereocenters. The van der Waals surface area contributed by atoms with Crippen LogP contribution in [0.4, 0.5) is 4.79 Å². The molecule has 0 radical (unpaired) electrons. The average molecular weight is 313 g/mol. The maximum Gasteiger partial charge on any atom is 0.427 e. The molecule has 0 spiro atoms. The summed E-state index contributed by atoms with van der Waals surface area (Å²) in [5.41, 5.74) is 2.91. The van der Waals surface area contributed by atoms with Gasteiger partial charge in [-0.25, -0.2) is 10.2 Å². The van der Waals surface area contributed by atoms with Crippen molar-refractivity contribution in [1.29, 1.82) is 0 Å². The number of amides is 1. The molecule has 5 nitrogen and oxygen atoms in total. The Morgan fingerprint density at radius 3 is 2.65 bits per heavy atom. The van der Waals surface area contributed by atoms with E-state index in [1.807, 2.05) is 0 Å². The molecule has 0 saturated carbocycles. The van der Waals surface area contributed by atoms with E-state index in [-0.39, 0.29) is 0 Å². The number of hydrogen-bond donors (Lipinski definition) is 1. The van der Waals surface area contributed by atoms with Gasteiger partial charge < -0.3 is 9.15 Å². The number of carbonyl (C=O) groups is 1. The smallest absolute Gasteiger partial charge is 0.427 e. The maximum atomic E-state index is 10.8. The van der Waals surface area contributed by atoms with Crippen molar-refractivity contribution < 1.29 is 13.9 Å². The first kappa shape index (κ1) is 14.4. The number of hydrogen-bond acceptors (Lipinski definition) is 4. The topological polar surface area (TPSA) is 63.8 Å². The zero-order valence-corrected chi connectivity index (χ0v) is 11.9. The van der Waals surface area contributed by atoms with E-state index in [0.717, 1.165) is 5.56 Å². The van der Waals surface area contributed by atoms with E-state index in [0.29, 0.717) is 21.6 Å². The van der Waals surface area contributed by atoms with Gasteiger partial charge in [0.25, 0.3) is 0 Å². The molecular weight excluding hydrogens is 303 g/mol. The fourth-order valence-corrected chi connectivity index (χ4v) is 1.99. The van der Waals surface area contributed by atoms with Crippen molar-refractivity contribution >= 4 is 35.5 Å². The van der Waals surface area contributed by atoms with Crippen LogP contribution in [0.15, 0.2) is 39.9 Å². The zero-order valence-electron chi connectivity index (χ0n) is 10.4. The fourth-order valence-electron chi connectivity index (χ4n) is 1.47. The molecule has 1 aromatic carbocycles. The van der Waals surface area contributed by atoms with Crippen molar-refractivity contribution in [2.24, 2.45) is 5.10 Å². The van der Waals surface area contributed by atoms with Crippen LogP contribution in [-0.4, -0.2) is 19.4 Å². The summed E-state index contributed by atoms with van der Waals surface area (Å²) >= 11 is 11.9. The number of hydrazone groups is 1. The molecule has 1 aromatic heterocycles. The Kier molecular flexibility index (Phi) is 4.65. The minimum absolute atomic E-state index is 0.465. The Labute approximate surface area is 125 Å². The van der Waals surface area contributed by atoms with E-state index in [1.165, 1.54) is 13.3 Å². The summed E-state index contributed by atoms with van der Waals surface area (Å²) in [6.45, 7) is 0. The molecule has 0 saturated heterocycles. The summed E-state index contributed by atoms with van der Waals surface area (Å²) in [5, 5.41) is 4.70. The van der Waals surface area contributed by atoms with Gasteiger partial charge in [0, 0.05) is 15.6 Å². The monoisotopic (exact) mass is 312 g/mol. The number of nitrogens with one attached hydrogen (secondary N) is 1. The first-order valence-corrected chi connectivity index (χ1v) is 6.27. The first-order valence-electron chi connectivity index (χ1n) is 5.52. The van der Waals surface area contributed by atoms with Crippen LogP contribution in [0.3, 0.4) is 0 Å². The van der Waals surface area contributed by atoms with Crippen molar-refractivity contribution in [2.75, 3.05) is 7.11 Å². The SMILES string of the molecule is COC(=O)N/N=C/c1ccc(-c2cc(Cl)cc(Cl)c2)o1. The molecule has 7 heteroatoms. The molecule has 0 aliphatic carbocycles. The van der Waals surface area contributed by atoms with Gasteiger partial charge in [0.05, 0.1) is 13.3 Å². The van der Waals surface area contributed by atoms with E-state index in [1.54, 1.807) is 30.3 Å². The largest absolute Gasteiger partial charge is 0.455 e. The summed E-state index contributed by atoms with van der Waals surface area (Å²) < 4.78 is 9.90. The number of nitrogens with zero attached hydrogens (tertiary/aromatic N) is 1. The van der Waals surface area contributed by atoms with Crippen molar-refractivity contribution in [3.8, 4) is 11.3 Å². The average Bonchev–Trinajstić information content (AvgIpc) is 2.86. The summed E-state index contributed by atoms with van der Waals surface area (Å²) in [4.78, 5) is 10.8. The molecule has 1 amide bonds. The van der Waals surface area contributed by atoms with Gasteiger partial charge in [0.15, 0.2) is 0 Å². The molecule has 104 valence electrons. The normalized spacial score (nSPS) is 10.8. The van der Waals surface area contributed by atoms with Crippen LogP contribution in [-0.2, 0) is 4.74 Å². The Morgan fingerprint density at radius 1 is 1.30 bits per heavy atom. The van der Waals surface area contributed by atoms with Gasteiger partial charge in [-0.15, -0.1) is 0 Å². The van der Waals surface area contributed by atoms with Crippen molar-refractivity contribution in [3.63, 3.8) is 0 Å². The number of benzene rings is 1. The molecule has 0 bridgehead atoms. The lowest BCUT2D eigenvalue weighted by molar-refractivity contribution is 0.171. The minimum Gasteiger partial charge on any atom is -0.455 e. The van der Waals surface area contributed by atoms with Gasteiger partial charge in [-0.1, -0.05) is 23.2 Å². The highest BCUT2D eigenvalue weighted by Gasteiger charge is 2.06. The molecule has 1 heterocycles. The second-order valence-corrected chi connectivity index (χ2v) is 4.59.